The van der Waals surface area contributed by atoms with Crippen molar-refractivity contribution in [3.8, 4) is 0 Å². The van der Waals surface area contributed by atoms with E-state index in [9.17, 15) is 9.59 Å². The number of benzene rings is 1. The number of carbonyl (C=O) groups is 2. The van der Waals surface area contributed by atoms with Crippen LogP contribution in [0.4, 0.5) is 5.69 Å². The molecule has 1 unspecified atom stereocenters. The lowest BCUT2D eigenvalue weighted by Gasteiger charge is -2.20. The fraction of sp³-hybridized carbons (Fsp3) is 0.333. The fourth-order valence-electron chi connectivity index (χ4n) is 2.25. The van der Waals surface area contributed by atoms with Crippen LogP contribution in [0, 0.1) is 5.92 Å². The summed E-state index contributed by atoms with van der Waals surface area (Å²) in [5.41, 5.74) is -0.202. The summed E-state index contributed by atoms with van der Waals surface area (Å²) in [7, 11) is 0. The molecule has 1 aromatic carbocycles. The van der Waals surface area contributed by atoms with Crippen molar-refractivity contribution in [2.24, 2.45) is 5.92 Å². The molecule has 1 aromatic rings. The Morgan fingerprint density at radius 2 is 1.59 bits per heavy atom. The predicted octanol–water partition coefficient (Wildman–Crippen LogP) is 3.04. The third kappa shape index (κ3) is 4.32. The number of nitrogens with one attached hydrogen (secondary N) is 2. The monoisotopic (exact) mass is 303 g/mol. The van der Waals surface area contributed by atoms with Crippen molar-refractivity contribution in [1.82, 2.24) is 5.32 Å². The van der Waals surface area contributed by atoms with Crippen LogP contribution in [-0.4, -0.2) is 17.6 Å². The lowest BCUT2D eigenvalue weighted by atomic mass is 10.0. The maximum Gasteiger partial charge on any atom is 0.204 e. The van der Waals surface area contributed by atoms with Crippen LogP contribution in [0.5, 0.6) is 0 Å². The van der Waals surface area contributed by atoms with Gasteiger partial charge in [-0.25, -0.2) is 0 Å². The van der Waals surface area contributed by atoms with Gasteiger partial charge in [0.2, 0.25) is 11.6 Å². The Kier molecular flexibility index (Phi) is 3.34. The van der Waals surface area contributed by atoms with Crippen LogP contribution in [0.3, 0.4) is 0 Å². The van der Waals surface area contributed by atoms with E-state index in [1.54, 1.807) is 0 Å². The predicted molar refractivity (Wildman–Crippen MR) is 88.3 cm³/mol. The zero-order chi connectivity index (χ0) is 20.5. The molecule has 1 aliphatic carbocycles. The van der Waals surface area contributed by atoms with Gasteiger partial charge in [0.25, 0.3) is 0 Å². The Morgan fingerprint density at radius 3 is 2.23 bits per heavy atom. The van der Waals surface area contributed by atoms with E-state index in [4.69, 9.17) is 6.85 Å². The highest BCUT2D eigenvalue weighted by molar-refractivity contribution is 6.20. The molecule has 2 N–H and O–H groups in total. The van der Waals surface area contributed by atoms with Crippen molar-refractivity contribution in [3.05, 3.63) is 53.8 Å². The normalized spacial score (nSPS) is 19.4. The van der Waals surface area contributed by atoms with E-state index in [1.807, 2.05) is 6.92 Å². The van der Waals surface area contributed by atoms with Crippen LogP contribution in [0.25, 0.3) is 0 Å². The molecule has 0 heterocycles. The van der Waals surface area contributed by atoms with Gasteiger partial charge in [0.15, 0.2) is 0 Å². The lowest BCUT2D eigenvalue weighted by Crippen LogP contribution is -2.33. The molecule has 0 radical (unpaired) electrons. The maximum absolute atomic E-state index is 12.4. The Balaban J connectivity index is 2.25. The van der Waals surface area contributed by atoms with Crippen LogP contribution < -0.4 is 10.6 Å². The largest absolute Gasteiger partial charge is 0.379 e. The van der Waals surface area contributed by atoms with Gasteiger partial charge in [-0.05, 0) is 31.3 Å². The first-order chi connectivity index (χ1) is 12.5. The first kappa shape index (κ1) is 10.4. The smallest absolute Gasteiger partial charge is 0.204 e. The van der Waals surface area contributed by atoms with Gasteiger partial charge in [0, 0.05) is 23.9 Å². The molecule has 22 heavy (non-hydrogen) atoms. The molecular weight excluding hydrogens is 276 g/mol. The topological polar surface area (TPSA) is 58.2 Å². The number of hydrogen-bond acceptors (Lipinski definition) is 4. The summed E-state index contributed by atoms with van der Waals surface area (Å²) in [6.45, 7) is 6.04. The number of para-hydroxylation sites is 1. The van der Waals surface area contributed by atoms with E-state index >= 15 is 0 Å². The van der Waals surface area contributed by atoms with Gasteiger partial charge in [0.05, 0.1) is 18.2 Å². The average Bonchev–Trinajstić information content (AvgIpc) is 2.58. The minimum Gasteiger partial charge on any atom is -0.379 e. The zero-order valence-corrected chi connectivity index (χ0v) is 12.8. The van der Waals surface area contributed by atoms with Gasteiger partial charge >= 0.3 is 0 Å². The second kappa shape index (κ2) is 7.07. The van der Waals surface area contributed by atoms with Gasteiger partial charge in [0.1, 0.15) is 0 Å². The summed E-state index contributed by atoms with van der Waals surface area (Å²) in [5, 5.41) is 5.56. The summed E-state index contributed by atoms with van der Waals surface area (Å²) >= 11 is 0. The minimum atomic E-state index is -0.527. The third-order valence-corrected chi connectivity index (χ3v) is 3.07. The summed E-state index contributed by atoms with van der Waals surface area (Å²) in [6, 6.07) is -2.50. The molecule has 116 valence electrons. The number of allylic oxidation sites excluding steroid dienone is 2. The van der Waals surface area contributed by atoms with E-state index in [0.29, 0.717) is 5.92 Å². The van der Waals surface area contributed by atoms with Crippen LogP contribution in [0.2, 0.25) is 0 Å². The van der Waals surface area contributed by atoms with Crippen molar-refractivity contribution in [3.63, 3.8) is 0 Å². The molecule has 2 rings (SSSR count). The standard InChI is InChI=1S/C18H22N2O2/c1-12(2)9-13(3)19-15-10-18(22)16(11-17(15)21)20-14-7-5-4-6-8-14/h4-8,10-13,19-20H,9H2,1-3H3/i4D,5D,6D,7D,8D. The molecule has 0 bridgehead atoms. The van der Waals surface area contributed by atoms with Gasteiger partial charge in [-0.15, -0.1) is 0 Å². The first-order valence-corrected chi connectivity index (χ1v) is 7.15. The van der Waals surface area contributed by atoms with E-state index < -0.39 is 41.8 Å². The first-order valence-electron chi connectivity index (χ1n) is 9.65. The molecule has 4 heteroatoms. The average molecular weight is 303 g/mol. The number of anilines is 1. The van der Waals surface area contributed by atoms with Crippen molar-refractivity contribution < 1.29 is 16.4 Å². The summed E-state index contributed by atoms with van der Waals surface area (Å²) in [6.07, 6.45) is 3.07. The SMILES string of the molecule is [2H]c1c([2H])c([2H])c(NC2=CC(=O)C(NC(C)CC(C)C)=CC2=O)c([2H])c1[2H]. The van der Waals surface area contributed by atoms with Crippen LogP contribution in [-0.2, 0) is 9.59 Å². The van der Waals surface area contributed by atoms with Crippen LogP contribution in [0.1, 0.15) is 34.0 Å². The van der Waals surface area contributed by atoms with Gasteiger partial charge in [-0.2, -0.15) is 0 Å². The molecule has 0 aromatic heterocycles. The van der Waals surface area contributed by atoms with Crippen molar-refractivity contribution in [2.75, 3.05) is 5.32 Å². The summed E-state index contributed by atoms with van der Waals surface area (Å²) < 4.78 is 38.7. The summed E-state index contributed by atoms with van der Waals surface area (Å²) in [5.74, 6) is -0.500. The Bertz CT molecular complexity index is 833. The van der Waals surface area contributed by atoms with Crippen molar-refractivity contribution in [2.45, 2.75) is 33.2 Å². The second-order valence-electron chi connectivity index (χ2n) is 5.64. The highest BCUT2D eigenvalue weighted by Gasteiger charge is 2.21. The molecule has 0 amide bonds. The quantitative estimate of drug-likeness (QED) is 0.793. The molecular formula is C18H22N2O2. The molecule has 0 spiro atoms. The Morgan fingerprint density at radius 1 is 1.00 bits per heavy atom. The van der Waals surface area contributed by atoms with Crippen molar-refractivity contribution >= 4 is 17.3 Å². The van der Waals surface area contributed by atoms with E-state index in [-0.39, 0.29) is 23.1 Å². The summed E-state index contributed by atoms with van der Waals surface area (Å²) in [4.78, 5) is 24.7. The number of rotatable bonds is 6. The van der Waals surface area contributed by atoms with Crippen LogP contribution in [0.15, 0.2) is 53.8 Å². The Hall–Kier alpha value is -2.36. The molecule has 0 saturated heterocycles. The highest BCUT2D eigenvalue weighted by atomic mass is 16.1. The molecule has 0 aliphatic heterocycles. The van der Waals surface area contributed by atoms with E-state index in [2.05, 4.69) is 24.5 Å². The van der Waals surface area contributed by atoms with E-state index in [0.717, 1.165) is 18.6 Å². The lowest BCUT2D eigenvalue weighted by molar-refractivity contribution is -0.115. The van der Waals surface area contributed by atoms with Gasteiger partial charge in [-0.1, -0.05) is 32.0 Å². The maximum atomic E-state index is 12.4. The third-order valence-electron chi connectivity index (χ3n) is 3.07. The van der Waals surface area contributed by atoms with E-state index in [1.165, 1.54) is 0 Å². The molecule has 1 aliphatic rings. The highest BCUT2D eigenvalue weighted by Crippen LogP contribution is 2.16. The molecule has 4 nitrogen and oxygen atoms in total. The minimum absolute atomic E-state index is 0.0111. The molecule has 1 atom stereocenters. The van der Waals surface area contributed by atoms with Crippen LogP contribution >= 0.6 is 0 Å². The number of hydrogen-bond donors (Lipinski definition) is 2. The molecule has 0 saturated carbocycles. The second-order valence-corrected chi connectivity index (χ2v) is 5.64. The van der Waals surface area contributed by atoms with Gasteiger partial charge in [-0.3, -0.25) is 9.59 Å². The number of ketones is 2. The Labute approximate surface area is 138 Å². The van der Waals surface area contributed by atoms with Gasteiger partial charge < -0.3 is 10.6 Å². The molecule has 0 fully saturated rings. The van der Waals surface area contributed by atoms with Crippen molar-refractivity contribution in [1.29, 1.82) is 0 Å². The fourth-order valence-corrected chi connectivity index (χ4v) is 2.25. The number of carbonyl (C=O) groups excluding carboxylic acids is 2. The zero-order valence-electron chi connectivity index (χ0n) is 17.8.